The summed E-state index contributed by atoms with van der Waals surface area (Å²) in [5, 5.41) is 2.52. The second-order valence-electron chi connectivity index (χ2n) is 5.34. The van der Waals surface area contributed by atoms with Gasteiger partial charge in [0.15, 0.2) is 0 Å². The third-order valence-electron chi connectivity index (χ3n) is 3.11. The van der Waals surface area contributed by atoms with Crippen molar-refractivity contribution in [3.8, 4) is 0 Å². The van der Waals surface area contributed by atoms with Crippen LogP contribution in [0.1, 0.15) is 38.4 Å². The third kappa shape index (κ3) is 3.73. The normalized spacial score (nSPS) is 12.9. The minimum Gasteiger partial charge on any atom is -0.354 e. The Hall–Kier alpha value is -1.62. The lowest BCUT2D eigenvalue weighted by molar-refractivity contribution is -0.121. The van der Waals surface area contributed by atoms with Crippen molar-refractivity contribution in [2.24, 2.45) is 0 Å². The molecule has 114 valence electrons. The van der Waals surface area contributed by atoms with E-state index in [1.807, 2.05) is 25.3 Å². The lowest BCUT2D eigenvalue weighted by atomic mass is 10.3. The molecule has 2 rings (SSSR count). The average molecular weight is 312 g/mol. The van der Waals surface area contributed by atoms with E-state index in [2.05, 4.69) is 10.3 Å². The molecule has 1 aromatic carbocycles. The lowest BCUT2D eigenvalue weighted by Crippen LogP contribution is -2.30. The number of nitrogens with zero attached hydrogens (tertiary/aromatic N) is 2. The van der Waals surface area contributed by atoms with Gasteiger partial charge in [0.25, 0.3) is 0 Å². The highest BCUT2D eigenvalue weighted by Gasteiger charge is 2.16. The summed E-state index contributed by atoms with van der Waals surface area (Å²) in [6, 6.07) is 4.51. The molecule has 1 atom stereocenters. The fraction of sp³-hybridized carbons (Fsp3) is 0.467. The van der Waals surface area contributed by atoms with Gasteiger partial charge in [-0.2, -0.15) is 0 Å². The van der Waals surface area contributed by atoms with Crippen molar-refractivity contribution in [2.45, 2.75) is 45.2 Å². The quantitative estimate of drug-likeness (QED) is 0.860. The molecule has 0 saturated carbocycles. The number of carbonyl (C=O) groups is 1. The van der Waals surface area contributed by atoms with E-state index in [0.717, 1.165) is 0 Å². The number of rotatable bonds is 5. The molecule has 0 radical (unpaired) electrons. The molecule has 6 heteroatoms. The van der Waals surface area contributed by atoms with Gasteiger partial charge >= 0.3 is 0 Å². The van der Waals surface area contributed by atoms with Gasteiger partial charge in [-0.25, -0.2) is 9.37 Å². The van der Waals surface area contributed by atoms with Crippen molar-refractivity contribution in [1.82, 2.24) is 14.9 Å². The SMILES string of the molecule is CC(C)NC(=O)CCn1c(C(C)Cl)nc2ccc(F)cc21. The van der Waals surface area contributed by atoms with Gasteiger partial charge in [-0.05, 0) is 39.0 Å². The van der Waals surface area contributed by atoms with Crippen molar-refractivity contribution in [3.05, 3.63) is 29.8 Å². The molecule has 1 amide bonds. The van der Waals surface area contributed by atoms with E-state index in [-0.39, 0.29) is 23.1 Å². The van der Waals surface area contributed by atoms with Crippen LogP contribution in [0.15, 0.2) is 18.2 Å². The zero-order valence-corrected chi connectivity index (χ0v) is 13.1. The Morgan fingerprint density at radius 1 is 1.43 bits per heavy atom. The van der Waals surface area contributed by atoms with Crippen LogP contribution in [0.25, 0.3) is 11.0 Å². The van der Waals surface area contributed by atoms with Crippen LogP contribution in [0.2, 0.25) is 0 Å². The molecule has 0 aliphatic rings. The molecule has 0 saturated heterocycles. The summed E-state index contributed by atoms with van der Waals surface area (Å²) in [6.45, 7) is 6.05. The van der Waals surface area contributed by atoms with Crippen LogP contribution in [0.3, 0.4) is 0 Å². The summed E-state index contributed by atoms with van der Waals surface area (Å²) >= 11 is 6.14. The van der Waals surface area contributed by atoms with Crippen LogP contribution in [0, 0.1) is 5.82 Å². The van der Waals surface area contributed by atoms with Crippen LogP contribution < -0.4 is 5.32 Å². The minimum absolute atomic E-state index is 0.0450. The molecule has 0 bridgehead atoms. The van der Waals surface area contributed by atoms with Gasteiger partial charge in [0, 0.05) is 19.0 Å². The first-order valence-electron chi connectivity index (χ1n) is 6.97. The van der Waals surface area contributed by atoms with E-state index >= 15 is 0 Å². The Morgan fingerprint density at radius 2 is 2.14 bits per heavy atom. The number of aryl methyl sites for hydroxylation is 1. The number of hydrogen-bond donors (Lipinski definition) is 1. The van der Waals surface area contributed by atoms with E-state index in [0.29, 0.717) is 29.8 Å². The maximum absolute atomic E-state index is 13.4. The Kier molecular flexibility index (Phi) is 4.83. The Labute approximate surface area is 128 Å². The predicted octanol–water partition coefficient (Wildman–Crippen LogP) is 3.39. The minimum atomic E-state index is -0.330. The molecule has 1 unspecified atom stereocenters. The molecule has 1 heterocycles. The van der Waals surface area contributed by atoms with Gasteiger partial charge in [-0.15, -0.1) is 11.6 Å². The molecule has 0 fully saturated rings. The molecule has 4 nitrogen and oxygen atoms in total. The number of halogens is 2. The Morgan fingerprint density at radius 3 is 2.76 bits per heavy atom. The highest BCUT2D eigenvalue weighted by Crippen LogP contribution is 2.25. The Balaban J connectivity index is 2.30. The van der Waals surface area contributed by atoms with Gasteiger partial charge in [0.05, 0.1) is 16.4 Å². The first kappa shape index (κ1) is 15.8. The van der Waals surface area contributed by atoms with Gasteiger partial charge in [0.1, 0.15) is 11.6 Å². The predicted molar refractivity (Wildman–Crippen MR) is 81.9 cm³/mol. The molecule has 0 spiro atoms. The van der Waals surface area contributed by atoms with E-state index in [4.69, 9.17) is 11.6 Å². The summed E-state index contributed by atoms with van der Waals surface area (Å²) in [4.78, 5) is 16.2. The summed E-state index contributed by atoms with van der Waals surface area (Å²) in [7, 11) is 0. The fourth-order valence-corrected chi connectivity index (χ4v) is 2.43. The van der Waals surface area contributed by atoms with Crippen molar-refractivity contribution < 1.29 is 9.18 Å². The Bertz CT molecular complexity index is 652. The number of amides is 1. The molecule has 0 aliphatic heterocycles. The van der Waals surface area contributed by atoms with Crippen molar-refractivity contribution in [2.75, 3.05) is 0 Å². The smallest absolute Gasteiger partial charge is 0.221 e. The van der Waals surface area contributed by atoms with Gasteiger partial charge in [-0.1, -0.05) is 0 Å². The lowest BCUT2D eigenvalue weighted by Gasteiger charge is -2.12. The second kappa shape index (κ2) is 6.43. The number of benzene rings is 1. The van der Waals surface area contributed by atoms with Crippen LogP contribution in [-0.4, -0.2) is 21.5 Å². The van der Waals surface area contributed by atoms with Crippen molar-refractivity contribution in [3.63, 3.8) is 0 Å². The van der Waals surface area contributed by atoms with Gasteiger partial charge in [0.2, 0.25) is 5.91 Å². The number of nitrogens with one attached hydrogen (secondary N) is 1. The molecule has 1 aromatic heterocycles. The van der Waals surface area contributed by atoms with E-state index < -0.39 is 0 Å². The summed E-state index contributed by atoms with van der Waals surface area (Å²) in [5.41, 5.74) is 1.35. The number of alkyl halides is 1. The van der Waals surface area contributed by atoms with E-state index in [1.54, 1.807) is 6.07 Å². The molecular formula is C15H19ClFN3O. The van der Waals surface area contributed by atoms with Crippen molar-refractivity contribution >= 4 is 28.5 Å². The van der Waals surface area contributed by atoms with Gasteiger partial charge in [-0.3, -0.25) is 4.79 Å². The van der Waals surface area contributed by atoms with Crippen LogP contribution in [0.4, 0.5) is 4.39 Å². The molecule has 1 N–H and O–H groups in total. The number of fused-ring (bicyclic) bond motifs is 1. The van der Waals surface area contributed by atoms with Crippen LogP contribution in [-0.2, 0) is 11.3 Å². The van der Waals surface area contributed by atoms with Gasteiger partial charge < -0.3 is 9.88 Å². The van der Waals surface area contributed by atoms with Crippen LogP contribution >= 0.6 is 11.6 Å². The second-order valence-corrected chi connectivity index (χ2v) is 6.00. The number of imidazole rings is 1. The zero-order valence-electron chi connectivity index (χ0n) is 12.4. The van der Waals surface area contributed by atoms with E-state index in [9.17, 15) is 9.18 Å². The van der Waals surface area contributed by atoms with Crippen molar-refractivity contribution in [1.29, 1.82) is 0 Å². The number of aromatic nitrogens is 2. The topological polar surface area (TPSA) is 46.9 Å². The first-order valence-corrected chi connectivity index (χ1v) is 7.41. The monoisotopic (exact) mass is 311 g/mol. The third-order valence-corrected chi connectivity index (χ3v) is 3.30. The highest BCUT2D eigenvalue weighted by atomic mass is 35.5. The maximum Gasteiger partial charge on any atom is 0.221 e. The first-order chi connectivity index (χ1) is 9.88. The average Bonchev–Trinajstić information content (AvgIpc) is 2.73. The summed E-state index contributed by atoms with van der Waals surface area (Å²) in [5.74, 6) is 0.273. The summed E-state index contributed by atoms with van der Waals surface area (Å²) in [6.07, 6.45) is 0.302. The maximum atomic E-state index is 13.4. The standard InChI is InChI=1S/C15H19ClFN3O/c1-9(2)18-14(21)6-7-20-13-8-11(17)4-5-12(13)19-15(20)10(3)16/h4-5,8-10H,6-7H2,1-3H3,(H,18,21). The number of hydrogen-bond acceptors (Lipinski definition) is 2. The van der Waals surface area contributed by atoms with E-state index in [1.165, 1.54) is 12.1 Å². The largest absolute Gasteiger partial charge is 0.354 e. The molecule has 21 heavy (non-hydrogen) atoms. The molecular weight excluding hydrogens is 293 g/mol. The molecule has 0 aliphatic carbocycles. The fourth-order valence-electron chi connectivity index (χ4n) is 2.26. The highest BCUT2D eigenvalue weighted by molar-refractivity contribution is 6.20. The van der Waals surface area contributed by atoms with Crippen LogP contribution in [0.5, 0.6) is 0 Å². The zero-order chi connectivity index (χ0) is 15.6. The summed E-state index contributed by atoms with van der Waals surface area (Å²) < 4.78 is 15.3. The number of carbonyl (C=O) groups excluding carboxylic acids is 1. The molecule has 2 aromatic rings.